The van der Waals surface area contributed by atoms with Gasteiger partial charge in [-0.25, -0.2) is 0 Å². The Bertz CT molecular complexity index is 197. The SMILES string of the molecule is CC[C@H](C)Cc1ccccc1.NN. The molecule has 0 saturated carbocycles. The third-order valence-corrected chi connectivity index (χ3v) is 2.12. The van der Waals surface area contributed by atoms with Crippen LogP contribution in [0.4, 0.5) is 0 Å². The van der Waals surface area contributed by atoms with E-state index in [2.05, 4.69) is 55.9 Å². The molecule has 0 aromatic heterocycles. The molecular weight excluding hydrogens is 160 g/mol. The maximum absolute atomic E-state index is 4.00. The minimum absolute atomic E-state index is 0.817. The lowest BCUT2D eigenvalue weighted by Crippen LogP contribution is -2.02. The lowest BCUT2D eigenvalue weighted by Gasteiger charge is -2.06. The summed E-state index contributed by atoms with van der Waals surface area (Å²) in [6.45, 7) is 4.54. The van der Waals surface area contributed by atoms with Crippen LogP contribution in [0, 0.1) is 5.92 Å². The third kappa shape index (κ3) is 5.39. The first kappa shape index (κ1) is 12.1. The highest BCUT2D eigenvalue weighted by molar-refractivity contribution is 5.14. The van der Waals surface area contributed by atoms with Crippen molar-refractivity contribution in [3.63, 3.8) is 0 Å². The Labute approximate surface area is 80.9 Å². The highest BCUT2D eigenvalue weighted by Crippen LogP contribution is 2.10. The fraction of sp³-hybridized carbons (Fsp3) is 0.455. The molecule has 0 bridgehead atoms. The summed E-state index contributed by atoms with van der Waals surface area (Å²) < 4.78 is 0. The molecule has 0 saturated heterocycles. The number of hydrazine groups is 1. The van der Waals surface area contributed by atoms with Gasteiger partial charge in [0.25, 0.3) is 0 Å². The molecule has 0 aliphatic heterocycles. The smallest absolute Gasteiger partial charge is 0.0253 e. The highest BCUT2D eigenvalue weighted by Gasteiger charge is 1.98. The van der Waals surface area contributed by atoms with Crippen LogP contribution in [0.1, 0.15) is 25.8 Å². The van der Waals surface area contributed by atoms with Gasteiger partial charge in [0, 0.05) is 0 Å². The van der Waals surface area contributed by atoms with Gasteiger partial charge >= 0.3 is 0 Å². The molecule has 1 rings (SSSR count). The maximum atomic E-state index is 4.00. The van der Waals surface area contributed by atoms with Crippen molar-refractivity contribution in [1.82, 2.24) is 0 Å². The third-order valence-electron chi connectivity index (χ3n) is 2.12. The highest BCUT2D eigenvalue weighted by atomic mass is 15.0. The normalized spacial score (nSPS) is 11.4. The molecule has 0 spiro atoms. The van der Waals surface area contributed by atoms with E-state index < -0.39 is 0 Å². The van der Waals surface area contributed by atoms with Gasteiger partial charge < -0.3 is 0 Å². The average Bonchev–Trinajstić information content (AvgIpc) is 2.22. The Hall–Kier alpha value is -0.860. The van der Waals surface area contributed by atoms with Crippen molar-refractivity contribution in [2.75, 3.05) is 0 Å². The second-order valence-electron chi connectivity index (χ2n) is 3.20. The van der Waals surface area contributed by atoms with Crippen molar-refractivity contribution in [1.29, 1.82) is 0 Å². The molecule has 0 aliphatic carbocycles. The van der Waals surface area contributed by atoms with E-state index in [0.29, 0.717) is 0 Å². The van der Waals surface area contributed by atoms with Crippen molar-refractivity contribution >= 4 is 0 Å². The van der Waals surface area contributed by atoms with Gasteiger partial charge in [0.2, 0.25) is 0 Å². The predicted molar refractivity (Wildman–Crippen MR) is 58.0 cm³/mol. The summed E-state index contributed by atoms with van der Waals surface area (Å²) in [7, 11) is 0. The minimum Gasteiger partial charge on any atom is -0.274 e. The fourth-order valence-corrected chi connectivity index (χ4v) is 1.16. The van der Waals surface area contributed by atoms with Gasteiger partial charge in [-0.05, 0) is 17.9 Å². The van der Waals surface area contributed by atoms with Crippen LogP contribution in [0.5, 0.6) is 0 Å². The van der Waals surface area contributed by atoms with Crippen LogP contribution < -0.4 is 11.7 Å². The summed E-state index contributed by atoms with van der Waals surface area (Å²) in [5.41, 5.74) is 1.46. The quantitative estimate of drug-likeness (QED) is 0.553. The van der Waals surface area contributed by atoms with E-state index in [1.165, 1.54) is 18.4 Å². The Morgan fingerprint density at radius 1 is 1.15 bits per heavy atom. The van der Waals surface area contributed by atoms with Crippen LogP contribution in [0.25, 0.3) is 0 Å². The van der Waals surface area contributed by atoms with Crippen molar-refractivity contribution in [3.8, 4) is 0 Å². The molecule has 4 N–H and O–H groups in total. The van der Waals surface area contributed by atoms with Gasteiger partial charge in [0.15, 0.2) is 0 Å². The van der Waals surface area contributed by atoms with Gasteiger partial charge in [-0.2, -0.15) is 0 Å². The van der Waals surface area contributed by atoms with Crippen LogP contribution >= 0.6 is 0 Å². The number of rotatable bonds is 3. The zero-order chi connectivity index (χ0) is 10.1. The first-order valence-corrected chi connectivity index (χ1v) is 4.70. The lowest BCUT2D eigenvalue weighted by atomic mass is 9.99. The minimum atomic E-state index is 0.817. The second-order valence-corrected chi connectivity index (χ2v) is 3.20. The van der Waals surface area contributed by atoms with E-state index in [9.17, 15) is 0 Å². The molecular formula is C11H20N2. The Balaban J connectivity index is 0.000000671. The first-order valence-electron chi connectivity index (χ1n) is 4.70. The van der Waals surface area contributed by atoms with Crippen LogP contribution in [0.3, 0.4) is 0 Å². The average molecular weight is 180 g/mol. The Morgan fingerprint density at radius 3 is 2.15 bits per heavy atom. The van der Waals surface area contributed by atoms with Crippen molar-refractivity contribution in [3.05, 3.63) is 35.9 Å². The largest absolute Gasteiger partial charge is 0.274 e. The van der Waals surface area contributed by atoms with Gasteiger partial charge in [-0.1, -0.05) is 50.6 Å². The summed E-state index contributed by atoms with van der Waals surface area (Å²) in [6.07, 6.45) is 2.49. The van der Waals surface area contributed by atoms with Gasteiger partial charge in [0.1, 0.15) is 0 Å². The van der Waals surface area contributed by atoms with Gasteiger partial charge in [-0.15, -0.1) is 0 Å². The number of hydrogen-bond donors (Lipinski definition) is 2. The first-order chi connectivity index (χ1) is 6.33. The number of benzene rings is 1. The molecule has 2 heteroatoms. The molecule has 2 nitrogen and oxygen atoms in total. The Kier molecular flexibility index (Phi) is 7.26. The van der Waals surface area contributed by atoms with E-state index >= 15 is 0 Å². The summed E-state index contributed by atoms with van der Waals surface area (Å²) in [5.74, 6) is 8.82. The van der Waals surface area contributed by atoms with Crippen molar-refractivity contribution < 1.29 is 0 Å². The topological polar surface area (TPSA) is 52.0 Å². The molecule has 0 fully saturated rings. The van der Waals surface area contributed by atoms with E-state index in [1.54, 1.807) is 0 Å². The van der Waals surface area contributed by atoms with E-state index in [1.807, 2.05) is 0 Å². The number of nitrogens with two attached hydrogens (primary N) is 2. The lowest BCUT2D eigenvalue weighted by molar-refractivity contribution is 0.560. The summed E-state index contributed by atoms with van der Waals surface area (Å²) in [5, 5.41) is 0. The van der Waals surface area contributed by atoms with Crippen molar-refractivity contribution in [2.45, 2.75) is 26.7 Å². The molecule has 1 atom stereocenters. The van der Waals surface area contributed by atoms with Crippen LogP contribution in [0.2, 0.25) is 0 Å². The molecule has 74 valence electrons. The molecule has 13 heavy (non-hydrogen) atoms. The monoisotopic (exact) mass is 180 g/mol. The van der Waals surface area contributed by atoms with E-state index in [0.717, 1.165) is 5.92 Å². The number of hydrogen-bond acceptors (Lipinski definition) is 2. The summed E-state index contributed by atoms with van der Waals surface area (Å²) in [6, 6.07) is 10.7. The summed E-state index contributed by atoms with van der Waals surface area (Å²) in [4.78, 5) is 0. The van der Waals surface area contributed by atoms with Crippen molar-refractivity contribution in [2.24, 2.45) is 17.6 Å². The molecule has 1 aromatic rings. The molecule has 0 radical (unpaired) electrons. The van der Waals surface area contributed by atoms with Crippen LogP contribution in [0.15, 0.2) is 30.3 Å². The van der Waals surface area contributed by atoms with Crippen LogP contribution in [-0.2, 0) is 6.42 Å². The molecule has 1 aromatic carbocycles. The zero-order valence-corrected chi connectivity index (χ0v) is 8.53. The summed E-state index contributed by atoms with van der Waals surface area (Å²) >= 11 is 0. The molecule has 0 amide bonds. The van der Waals surface area contributed by atoms with E-state index in [-0.39, 0.29) is 0 Å². The van der Waals surface area contributed by atoms with Crippen LogP contribution in [-0.4, -0.2) is 0 Å². The molecule has 0 unspecified atom stereocenters. The fourth-order valence-electron chi connectivity index (χ4n) is 1.16. The van der Waals surface area contributed by atoms with Gasteiger partial charge in [0.05, 0.1) is 0 Å². The van der Waals surface area contributed by atoms with E-state index in [4.69, 9.17) is 0 Å². The predicted octanol–water partition coefficient (Wildman–Crippen LogP) is 2.09. The Morgan fingerprint density at radius 2 is 1.69 bits per heavy atom. The van der Waals surface area contributed by atoms with Gasteiger partial charge in [-0.3, -0.25) is 11.7 Å². The standard InChI is InChI=1S/C11H16.H4N2/c1-3-10(2)9-11-7-5-4-6-8-11;1-2/h4-8,10H,3,9H2,1-2H3;1-2H2/t10-;/m0./s1. The zero-order valence-electron chi connectivity index (χ0n) is 8.53. The molecule has 0 heterocycles. The molecule has 0 aliphatic rings. The maximum Gasteiger partial charge on any atom is -0.0253 e. The second kappa shape index (κ2) is 7.77.